The molecule has 2 aromatic carbocycles. The Labute approximate surface area is 143 Å². The normalized spacial score (nSPS) is 11.7. The van der Waals surface area contributed by atoms with E-state index in [0.29, 0.717) is 5.69 Å². The van der Waals surface area contributed by atoms with E-state index in [2.05, 4.69) is 10.3 Å². The van der Waals surface area contributed by atoms with Crippen LogP contribution in [-0.2, 0) is 9.53 Å². The molecule has 6 heteroatoms. The van der Waals surface area contributed by atoms with Gasteiger partial charge >= 0.3 is 5.97 Å². The number of fused-ring (bicyclic) bond motifs is 1. The van der Waals surface area contributed by atoms with Gasteiger partial charge in [0.2, 0.25) is 0 Å². The predicted octanol–water partition coefficient (Wildman–Crippen LogP) is 2.71. The summed E-state index contributed by atoms with van der Waals surface area (Å²) in [6.45, 7) is 1.45. The smallest absolute Gasteiger partial charge is 0.344 e. The van der Waals surface area contributed by atoms with Gasteiger partial charge in [-0.3, -0.25) is 9.59 Å². The van der Waals surface area contributed by atoms with Crippen molar-refractivity contribution in [2.75, 3.05) is 5.32 Å². The van der Waals surface area contributed by atoms with Gasteiger partial charge in [0.15, 0.2) is 6.10 Å². The van der Waals surface area contributed by atoms with Gasteiger partial charge in [-0.1, -0.05) is 30.3 Å². The Morgan fingerprint density at radius 3 is 2.56 bits per heavy atom. The number of amides is 1. The molecular formula is C19H16N2O4. The van der Waals surface area contributed by atoms with Gasteiger partial charge in [-0.05, 0) is 42.0 Å². The molecular weight excluding hydrogens is 320 g/mol. The minimum atomic E-state index is -1.04. The molecule has 0 aliphatic heterocycles. The average Bonchev–Trinajstić information content (AvgIpc) is 2.61. The summed E-state index contributed by atoms with van der Waals surface area (Å²) in [6, 6.07) is 16.1. The zero-order chi connectivity index (χ0) is 17.8. The lowest BCUT2D eigenvalue weighted by Crippen LogP contribution is -2.31. The monoisotopic (exact) mass is 336 g/mol. The van der Waals surface area contributed by atoms with Crippen LogP contribution >= 0.6 is 0 Å². The maximum absolute atomic E-state index is 12.2. The van der Waals surface area contributed by atoms with Crippen molar-refractivity contribution in [1.29, 1.82) is 0 Å². The zero-order valence-electron chi connectivity index (χ0n) is 13.5. The molecule has 3 rings (SSSR count). The fourth-order valence-corrected chi connectivity index (χ4v) is 2.37. The fraction of sp³-hybridized carbons (Fsp3) is 0.105. The number of anilines is 1. The highest BCUT2D eigenvalue weighted by molar-refractivity contribution is 5.98. The van der Waals surface area contributed by atoms with Crippen molar-refractivity contribution in [2.45, 2.75) is 13.0 Å². The number of H-pyrrole nitrogens is 1. The highest BCUT2D eigenvalue weighted by atomic mass is 16.5. The third-order valence-electron chi connectivity index (χ3n) is 3.71. The maximum atomic E-state index is 12.2. The SMILES string of the molecule is C[C@@H](OC(=O)c1ccc[nH]c1=O)C(=O)Nc1ccc2ccccc2c1. The zero-order valence-corrected chi connectivity index (χ0v) is 13.5. The number of hydrogen-bond acceptors (Lipinski definition) is 4. The van der Waals surface area contributed by atoms with Crippen LogP contribution in [0.3, 0.4) is 0 Å². The van der Waals surface area contributed by atoms with Crippen molar-refractivity contribution >= 4 is 28.3 Å². The first-order valence-electron chi connectivity index (χ1n) is 7.73. The fourth-order valence-electron chi connectivity index (χ4n) is 2.37. The van der Waals surface area contributed by atoms with Gasteiger partial charge in [-0.15, -0.1) is 0 Å². The molecule has 0 radical (unpaired) electrons. The van der Waals surface area contributed by atoms with Crippen LogP contribution in [0.5, 0.6) is 0 Å². The Kier molecular flexibility index (Phi) is 4.61. The van der Waals surface area contributed by atoms with Gasteiger partial charge < -0.3 is 15.0 Å². The van der Waals surface area contributed by atoms with Gasteiger partial charge in [-0.2, -0.15) is 0 Å². The Bertz CT molecular complexity index is 994. The molecule has 0 saturated carbocycles. The minimum Gasteiger partial charge on any atom is -0.449 e. The second-order valence-electron chi connectivity index (χ2n) is 5.51. The van der Waals surface area contributed by atoms with E-state index in [0.717, 1.165) is 10.8 Å². The van der Waals surface area contributed by atoms with E-state index in [9.17, 15) is 14.4 Å². The molecule has 25 heavy (non-hydrogen) atoms. The van der Waals surface area contributed by atoms with Crippen molar-refractivity contribution < 1.29 is 14.3 Å². The number of nitrogens with one attached hydrogen (secondary N) is 2. The minimum absolute atomic E-state index is 0.146. The number of aromatic nitrogens is 1. The molecule has 2 N–H and O–H groups in total. The first-order valence-corrected chi connectivity index (χ1v) is 7.73. The molecule has 0 spiro atoms. The van der Waals surface area contributed by atoms with Crippen LogP contribution in [0.2, 0.25) is 0 Å². The summed E-state index contributed by atoms with van der Waals surface area (Å²) in [6.07, 6.45) is 0.369. The van der Waals surface area contributed by atoms with Crippen molar-refractivity contribution in [3.8, 4) is 0 Å². The van der Waals surface area contributed by atoms with Crippen molar-refractivity contribution in [1.82, 2.24) is 4.98 Å². The number of carbonyl (C=O) groups is 2. The number of benzene rings is 2. The quantitative estimate of drug-likeness (QED) is 0.717. The average molecular weight is 336 g/mol. The van der Waals surface area contributed by atoms with Crippen LogP contribution in [0, 0.1) is 0 Å². The molecule has 1 atom stereocenters. The van der Waals surface area contributed by atoms with E-state index < -0.39 is 23.5 Å². The standard InChI is InChI=1S/C19H16N2O4/c1-12(25-19(24)16-7-4-10-20-18(16)23)17(22)21-15-9-8-13-5-2-3-6-14(13)11-15/h2-12H,1H3,(H,20,23)(H,21,22)/t12-/m1/s1. The maximum Gasteiger partial charge on any atom is 0.344 e. The number of aromatic amines is 1. The topological polar surface area (TPSA) is 88.3 Å². The molecule has 0 aliphatic carbocycles. The third-order valence-corrected chi connectivity index (χ3v) is 3.71. The van der Waals surface area contributed by atoms with Crippen molar-refractivity contribution in [3.05, 3.63) is 76.7 Å². The molecule has 0 fully saturated rings. The molecule has 1 aromatic heterocycles. The molecule has 0 saturated heterocycles. The Balaban J connectivity index is 1.68. The van der Waals surface area contributed by atoms with E-state index >= 15 is 0 Å². The van der Waals surface area contributed by atoms with E-state index in [1.165, 1.54) is 25.3 Å². The molecule has 3 aromatic rings. The highest BCUT2D eigenvalue weighted by Crippen LogP contribution is 2.19. The van der Waals surface area contributed by atoms with E-state index in [1.54, 1.807) is 6.07 Å². The lowest BCUT2D eigenvalue weighted by Gasteiger charge is -2.13. The molecule has 0 bridgehead atoms. The molecule has 126 valence electrons. The van der Waals surface area contributed by atoms with Crippen LogP contribution in [0.1, 0.15) is 17.3 Å². The lowest BCUT2D eigenvalue weighted by molar-refractivity contribution is -0.123. The predicted molar refractivity (Wildman–Crippen MR) is 94.5 cm³/mol. The van der Waals surface area contributed by atoms with Gasteiger partial charge in [0, 0.05) is 11.9 Å². The van der Waals surface area contributed by atoms with Crippen LogP contribution in [0.25, 0.3) is 10.8 Å². The third kappa shape index (κ3) is 3.74. The molecule has 0 aliphatic rings. The molecule has 6 nitrogen and oxygen atoms in total. The number of hydrogen-bond donors (Lipinski definition) is 2. The number of esters is 1. The van der Waals surface area contributed by atoms with Crippen LogP contribution in [-0.4, -0.2) is 23.0 Å². The lowest BCUT2D eigenvalue weighted by atomic mass is 10.1. The van der Waals surface area contributed by atoms with Crippen LogP contribution in [0.4, 0.5) is 5.69 Å². The second kappa shape index (κ2) is 7.00. The number of ether oxygens (including phenoxy) is 1. The van der Waals surface area contributed by atoms with Gasteiger partial charge in [-0.25, -0.2) is 4.79 Å². The summed E-state index contributed by atoms with van der Waals surface area (Å²) >= 11 is 0. The Morgan fingerprint density at radius 2 is 1.80 bits per heavy atom. The number of pyridine rings is 1. The molecule has 1 heterocycles. The first-order chi connectivity index (χ1) is 12.0. The second-order valence-corrected chi connectivity index (χ2v) is 5.51. The van der Waals surface area contributed by atoms with Crippen molar-refractivity contribution in [3.63, 3.8) is 0 Å². The summed E-state index contributed by atoms with van der Waals surface area (Å²) < 4.78 is 5.07. The number of carbonyl (C=O) groups excluding carboxylic acids is 2. The molecule has 1 amide bonds. The summed E-state index contributed by atoms with van der Waals surface area (Å²) in [5.41, 5.74) is -0.105. The largest absolute Gasteiger partial charge is 0.449 e. The summed E-state index contributed by atoms with van der Waals surface area (Å²) in [7, 11) is 0. The van der Waals surface area contributed by atoms with E-state index in [-0.39, 0.29) is 5.56 Å². The van der Waals surface area contributed by atoms with Crippen LogP contribution in [0.15, 0.2) is 65.6 Å². The van der Waals surface area contributed by atoms with Gasteiger partial charge in [0.1, 0.15) is 5.56 Å². The Morgan fingerprint density at radius 1 is 1.04 bits per heavy atom. The summed E-state index contributed by atoms with van der Waals surface area (Å²) in [4.78, 5) is 38.2. The van der Waals surface area contributed by atoms with Gasteiger partial charge in [0.05, 0.1) is 0 Å². The van der Waals surface area contributed by atoms with Crippen molar-refractivity contribution in [2.24, 2.45) is 0 Å². The Hall–Kier alpha value is -3.41. The van der Waals surface area contributed by atoms with E-state index in [4.69, 9.17) is 4.74 Å². The summed E-state index contributed by atoms with van der Waals surface area (Å²) in [5, 5.41) is 4.75. The highest BCUT2D eigenvalue weighted by Gasteiger charge is 2.20. The van der Waals surface area contributed by atoms with Crippen LogP contribution < -0.4 is 10.9 Å². The van der Waals surface area contributed by atoms with E-state index in [1.807, 2.05) is 36.4 Å². The van der Waals surface area contributed by atoms with Gasteiger partial charge in [0.25, 0.3) is 11.5 Å². The number of rotatable bonds is 4. The molecule has 0 unspecified atom stereocenters. The summed E-state index contributed by atoms with van der Waals surface area (Å²) in [5.74, 6) is -1.32. The first kappa shape index (κ1) is 16.4.